The normalized spacial score (nSPS) is 21.6. The van der Waals surface area contributed by atoms with Crippen molar-refractivity contribution < 1.29 is 18.8 Å². The summed E-state index contributed by atoms with van der Waals surface area (Å²) in [6.45, 7) is 5.07. The van der Waals surface area contributed by atoms with Crippen molar-refractivity contribution in [1.29, 1.82) is 0 Å². The van der Waals surface area contributed by atoms with E-state index in [1.165, 1.54) is 35.6 Å². The molecule has 3 heterocycles. The van der Waals surface area contributed by atoms with Crippen molar-refractivity contribution in [2.45, 2.75) is 38.6 Å². The lowest BCUT2D eigenvalue weighted by Gasteiger charge is -2.41. The first-order valence-corrected chi connectivity index (χ1v) is 11.2. The molecule has 33 heavy (non-hydrogen) atoms. The highest BCUT2D eigenvalue weighted by Gasteiger charge is 2.56. The van der Waals surface area contributed by atoms with Gasteiger partial charge in [-0.1, -0.05) is 26.0 Å². The molecular formula is C24H28FN5O3. The summed E-state index contributed by atoms with van der Waals surface area (Å²) >= 11 is 0. The maximum Gasteiger partial charge on any atom is 0.325 e. The Balaban J connectivity index is 1.58. The third kappa shape index (κ3) is 4.58. The molecule has 2 aromatic rings. The van der Waals surface area contributed by atoms with E-state index >= 15 is 0 Å². The van der Waals surface area contributed by atoms with Crippen LogP contribution in [0.4, 0.5) is 9.18 Å². The predicted molar refractivity (Wildman–Crippen MR) is 119 cm³/mol. The number of rotatable bonds is 6. The number of nitrogens with one attached hydrogen (secondary N) is 1. The highest BCUT2D eigenvalue weighted by molar-refractivity contribution is 6.07. The number of hydrogen-bond acceptors (Lipinski definition) is 5. The second-order valence-corrected chi connectivity index (χ2v) is 9.17. The molecule has 1 N–H and O–H groups in total. The topological polar surface area (TPSA) is 95.5 Å². The molecule has 1 atom stereocenters. The monoisotopic (exact) mass is 453 g/mol. The average Bonchev–Trinajstić information content (AvgIpc) is 3.04. The summed E-state index contributed by atoms with van der Waals surface area (Å²) in [5.74, 6) is -0.938. The van der Waals surface area contributed by atoms with E-state index in [1.54, 1.807) is 17.0 Å². The molecule has 0 unspecified atom stereocenters. The molecule has 0 bridgehead atoms. The minimum atomic E-state index is -1.17. The third-order valence-corrected chi connectivity index (χ3v) is 6.38. The van der Waals surface area contributed by atoms with Gasteiger partial charge in [0.2, 0.25) is 0 Å². The Morgan fingerprint density at radius 3 is 2.64 bits per heavy atom. The molecule has 0 radical (unpaired) electrons. The van der Waals surface area contributed by atoms with E-state index in [2.05, 4.69) is 15.3 Å². The van der Waals surface area contributed by atoms with Gasteiger partial charge in [-0.2, -0.15) is 0 Å². The second kappa shape index (κ2) is 9.25. The zero-order valence-electron chi connectivity index (χ0n) is 18.8. The molecule has 2 aliphatic heterocycles. The van der Waals surface area contributed by atoms with Crippen LogP contribution >= 0.6 is 0 Å². The van der Waals surface area contributed by atoms with Crippen LogP contribution < -0.4 is 5.32 Å². The van der Waals surface area contributed by atoms with Crippen LogP contribution in [0.15, 0.2) is 42.9 Å². The maximum atomic E-state index is 13.9. The van der Waals surface area contributed by atoms with Crippen LogP contribution in [0.3, 0.4) is 0 Å². The van der Waals surface area contributed by atoms with Crippen LogP contribution in [-0.2, 0) is 11.2 Å². The average molecular weight is 454 g/mol. The van der Waals surface area contributed by atoms with Crippen LogP contribution in [0.25, 0.3) is 0 Å². The number of aromatic nitrogens is 2. The summed E-state index contributed by atoms with van der Waals surface area (Å²) in [6.07, 6.45) is 5.68. The zero-order valence-corrected chi connectivity index (χ0v) is 18.8. The van der Waals surface area contributed by atoms with Crippen LogP contribution in [0.5, 0.6) is 0 Å². The number of carbonyl (C=O) groups excluding carboxylic acids is 3. The van der Waals surface area contributed by atoms with Crippen LogP contribution in [-0.4, -0.2) is 62.8 Å². The second-order valence-electron chi connectivity index (χ2n) is 9.17. The largest absolute Gasteiger partial charge is 0.337 e. The molecule has 4 amide bonds. The number of benzene rings is 1. The van der Waals surface area contributed by atoms with Crippen molar-refractivity contribution in [3.63, 3.8) is 0 Å². The van der Waals surface area contributed by atoms with Gasteiger partial charge in [-0.25, -0.2) is 14.2 Å². The maximum absolute atomic E-state index is 13.9. The van der Waals surface area contributed by atoms with Crippen molar-refractivity contribution in [2.75, 3.05) is 19.6 Å². The smallest absolute Gasteiger partial charge is 0.325 e. The lowest BCUT2D eigenvalue weighted by molar-refractivity contribution is -0.134. The van der Waals surface area contributed by atoms with Gasteiger partial charge in [-0.05, 0) is 42.4 Å². The van der Waals surface area contributed by atoms with Gasteiger partial charge in [0.1, 0.15) is 17.1 Å². The Bertz CT molecular complexity index is 1040. The fraction of sp³-hybridized carbons (Fsp3) is 0.458. The van der Waals surface area contributed by atoms with Gasteiger partial charge in [0, 0.05) is 38.4 Å². The number of piperidine rings is 1. The molecule has 174 valence electrons. The lowest BCUT2D eigenvalue weighted by Crippen LogP contribution is -2.58. The molecule has 9 heteroatoms. The molecule has 2 aliphatic rings. The van der Waals surface area contributed by atoms with Crippen LogP contribution in [0.2, 0.25) is 0 Å². The highest BCUT2D eigenvalue weighted by atomic mass is 19.1. The minimum absolute atomic E-state index is 0.121. The molecule has 2 saturated heterocycles. The summed E-state index contributed by atoms with van der Waals surface area (Å²) in [5, 5.41) is 2.98. The fourth-order valence-corrected chi connectivity index (χ4v) is 4.83. The van der Waals surface area contributed by atoms with Crippen molar-refractivity contribution in [2.24, 2.45) is 11.8 Å². The van der Waals surface area contributed by atoms with Crippen molar-refractivity contribution in [3.8, 4) is 0 Å². The first-order chi connectivity index (χ1) is 15.8. The van der Waals surface area contributed by atoms with Crippen LogP contribution in [0, 0.1) is 17.7 Å². The van der Waals surface area contributed by atoms with Gasteiger partial charge in [-0.15, -0.1) is 0 Å². The summed E-state index contributed by atoms with van der Waals surface area (Å²) in [7, 11) is 0. The molecule has 2 fully saturated rings. The van der Waals surface area contributed by atoms with Crippen molar-refractivity contribution in [1.82, 2.24) is 25.1 Å². The van der Waals surface area contributed by atoms with Crippen molar-refractivity contribution >= 4 is 17.8 Å². The Morgan fingerprint density at radius 1 is 1.24 bits per heavy atom. The Morgan fingerprint density at radius 2 is 2.00 bits per heavy atom. The molecule has 1 aromatic carbocycles. The van der Waals surface area contributed by atoms with Gasteiger partial charge in [0.25, 0.3) is 11.8 Å². The molecule has 0 spiro atoms. The fourth-order valence-electron chi connectivity index (χ4n) is 4.83. The standard InChI is InChI=1S/C24H28FN5O3/c1-16(2)15-30-22(32)24(28-23(30)33,13-17-4-3-5-19(25)12-17)18-6-10-29(11-7-18)21(31)20-14-26-8-9-27-20/h3-5,8-9,12,14,16,18H,6-7,10-11,13,15H2,1-2H3,(H,28,33)/t24-/m1/s1. The Hall–Kier alpha value is -3.36. The Labute approximate surface area is 192 Å². The molecule has 0 saturated carbocycles. The number of hydrogen-bond donors (Lipinski definition) is 1. The molecule has 8 nitrogen and oxygen atoms in total. The van der Waals surface area contributed by atoms with E-state index in [0.717, 1.165) is 0 Å². The first kappa shape index (κ1) is 22.8. The minimum Gasteiger partial charge on any atom is -0.337 e. The molecular weight excluding hydrogens is 425 g/mol. The zero-order chi connectivity index (χ0) is 23.6. The van der Waals surface area contributed by atoms with Gasteiger partial charge in [0.05, 0.1) is 6.20 Å². The quantitative estimate of drug-likeness (QED) is 0.679. The van der Waals surface area contributed by atoms with Gasteiger partial charge < -0.3 is 10.2 Å². The van der Waals surface area contributed by atoms with E-state index in [0.29, 0.717) is 38.0 Å². The Kier molecular flexibility index (Phi) is 6.40. The summed E-state index contributed by atoms with van der Waals surface area (Å²) < 4.78 is 13.9. The lowest BCUT2D eigenvalue weighted by atomic mass is 9.73. The number of likely N-dealkylation sites (tertiary alicyclic amines) is 1. The number of amides is 4. The highest BCUT2D eigenvalue weighted by Crippen LogP contribution is 2.37. The van der Waals surface area contributed by atoms with E-state index in [9.17, 15) is 18.8 Å². The van der Waals surface area contributed by atoms with Crippen LogP contribution in [0.1, 0.15) is 42.7 Å². The van der Waals surface area contributed by atoms with Crippen molar-refractivity contribution in [3.05, 3.63) is 59.9 Å². The molecule has 4 rings (SSSR count). The number of nitrogens with zero attached hydrogens (tertiary/aromatic N) is 4. The predicted octanol–water partition coefficient (Wildman–Crippen LogP) is 2.66. The number of imide groups is 1. The van der Waals surface area contributed by atoms with Gasteiger partial charge in [-0.3, -0.25) is 19.5 Å². The van der Waals surface area contributed by atoms with E-state index in [4.69, 9.17) is 0 Å². The van der Waals surface area contributed by atoms with Gasteiger partial charge in [0.15, 0.2) is 0 Å². The van der Waals surface area contributed by atoms with Gasteiger partial charge >= 0.3 is 6.03 Å². The summed E-state index contributed by atoms with van der Waals surface area (Å²) in [4.78, 5) is 50.3. The number of carbonyl (C=O) groups is 3. The molecule has 1 aromatic heterocycles. The number of urea groups is 1. The first-order valence-electron chi connectivity index (χ1n) is 11.2. The summed E-state index contributed by atoms with van der Waals surface area (Å²) in [5.41, 5.74) is -0.242. The SMILES string of the molecule is CC(C)CN1C(=O)N[C@](Cc2cccc(F)c2)(C2CCN(C(=O)c3cnccn3)CC2)C1=O. The molecule has 0 aliphatic carbocycles. The van der Waals surface area contributed by atoms with E-state index in [1.807, 2.05) is 13.8 Å². The van der Waals surface area contributed by atoms with E-state index in [-0.39, 0.29) is 41.6 Å². The number of halogens is 1. The van der Waals surface area contributed by atoms with E-state index < -0.39 is 11.6 Å². The summed E-state index contributed by atoms with van der Waals surface area (Å²) in [6, 6.07) is 5.71. The third-order valence-electron chi connectivity index (χ3n) is 6.38.